The first-order chi connectivity index (χ1) is 17.5. The van der Waals surface area contributed by atoms with Crippen LogP contribution in [0.3, 0.4) is 0 Å². The van der Waals surface area contributed by atoms with Crippen LogP contribution in [-0.2, 0) is 18.8 Å². The Balaban J connectivity index is 1.88. The predicted molar refractivity (Wildman–Crippen MR) is 134 cm³/mol. The zero-order valence-corrected chi connectivity index (χ0v) is 20.3. The molecule has 1 aliphatic carbocycles. The molecule has 1 saturated carbocycles. The van der Waals surface area contributed by atoms with Gasteiger partial charge in [-0.3, -0.25) is 4.99 Å². The highest BCUT2D eigenvalue weighted by molar-refractivity contribution is 6.17. The van der Waals surface area contributed by atoms with Gasteiger partial charge in [0.05, 0.1) is 16.8 Å². The molecule has 1 heterocycles. The molecule has 0 aromatic heterocycles. The van der Waals surface area contributed by atoms with E-state index in [1.807, 2.05) is 42.3 Å². The van der Waals surface area contributed by atoms with Gasteiger partial charge in [0.25, 0.3) is 0 Å². The van der Waals surface area contributed by atoms with Crippen molar-refractivity contribution in [1.29, 1.82) is 0 Å². The number of halogens is 6. The fraction of sp³-hybridized carbons (Fsp3) is 0.357. The summed E-state index contributed by atoms with van der Waals surface area (Å²) in [4.78, 5) is 10.2. The van der Waals surface area contributed by atoms with Crippen molar-refractivity contribution in [2.45, 2.75) is 63.8 Å². The Bertz CT molecular complexity index is 1200. The second kappa shape index (κ2) is 10.6. The normalized spacial score (nSPS) is 19.5. The lowest BCUT2D eigenvalue weighted by atomic mass is 9.94. The van der Waals surface area contributed by atoms with E-state index in [9.17, 15) is 26.3 Å². The van der Waals surface area contributed by atoms with E-state index in [1.165, 1.54) is 6.20 Å². The SMILES string of the molecule is C=N/C=C1/C(c2ccc(CC)cc2)=CN(C2CCCCC2)C1=Nc1cc(C(F)(F)F)cc(C(F)(F)F)c1. The maximum Gasteiger partial charge on any atom is 0.416 e. The summed E-state index contributed by atoms with van der Waals surface area (Å²) in [6.45, 7) is 5.57. The first-order valence-electron chi connectivity index (χ1n) is 12.2. The summed E-state index contributed by atoms with van der Waals surface area (Å²) in [5, 5.41) is 0. The smallest absolute Gasteiger partial charge is 0.329 e. The average Bonchev–Trinajstić information content (AvgIpc) is 3.21. The number of hydrogen-bond acceptors (Lipinski definition) is 2. The van der Waals surface area contributed by atoms with Crippen molar-refractivity contribution in [1.82, 2.24) is 4.90 Å². The minimum atomic E-state index is -4.96. The quantitative estimate of drug-likeness (QED) is 0.287. The largest absolute Gasteiger partial charge is 0.416 e. The van der Waals surface area contributed by atoms with Crippen LogP contribution in [0.4, 0.5) is 32.0 Å². The predicted octanol–water partition coefficient (Wildman–Crippen LogP) is 8.59. The van der Waals surface area contributed by atoms with Gasteiger partial charge in [0.1, 0.15) is 5.84 Å². The lowest BCUT2D eigenvalue weighted by molar-refractivity contribution is -0.143. The summed E-state index contributed by atoms with van der Waals surface area (Å²) in [6.07, 6.45) is -1.02. The molecule has 0 bridgehead atoms. The number of alkyl halides is 6. The lowest BCUT2D eigenvalue weighted by Crippen LogP contribution is -2.35. The first kappa shape index (κ1) is 26.7. The Morgan fingerprint density at radius 3 is 2.03 bits per heavy atom. The van der Waals surface area contributed by atoms with E-state index in [0.29, 0.717) is 17.7 Å². The molecule has 0 spiro atoms. The molecular formula is C28H27F6N3. The molecule has 9 heteroatoms. The lowest BCUT2D eigenvalue weighted by Gasteiger charge is -2.31. The van der Waals surface area contributed by atoms with Gasteiger partial charge >= 0.3 is 12.4 Å². The fourth-order valence-electron chi connectivity index (χ4n) is 4.78. The van der Waals surface area contributed by atoms with E-state index in [2.05, 4.69) is 16.7 Å². The highest BCUT2D eigenvalue weighted by Gasteiger charge is 2.38. The maximum absolute atomic E-state index is 13.5. The Morgan fingerprint density at radius 2 is 1.51 bits per heavy atom. The maximum atomic E-state index is 13.5. The second-order valence-corrected chi connectivity index (χ2v) is 9.22. The molecule has 0 radical (unpaired) electrons. The summed E-state index contributed by atoms with van der Waals surface area (Å²) in [5.41, 5.74) is -0.0178. The monoisotopic (exact) mass is 519 g/mol. The van der Waals surface area contributed by atoms with Gasteiger partial charge in [-0.05, 0) is 55.3 Å². The number of amidine groups is 1. The van der Waals surface area contributed by atoms with Crippen LogP contribution in [-0.4, -0.2) is 23.5 Å². The van der Waals surface area contributed by atoms with Gasteiger partial charge in [-0.15, -0.1) is 0 Å². The van der Waals surface area contributed by atoms with Gasteiger partial charge in [0.2, 0.25) is 0 Å². The van der Waals surface area contributed by atoms with Crippen molar-refractivity contribution in [3.05, 3.63) is 82.7 Å². The molecular weight excluding hydrogens is 492 g/mol. The zero-order chi connectivity index (χ0) is 26.8. The third-order valence-electron chi connectivity index (χ3n) is 6.71. The zero-order valence-electron chi connectivity index (χ0n) is 20.3. The van der Waals surface area contributed by atoms with Crippen LogP contribution < -0.4 is 0 Å². The molecule has 3 nitrogen and oxygen atoms in total. The van der Waals surface area contributed by atoms with Gasteiger partial charge in [0, 0.05) is 29.6 Å². The Morgan fingerprint density at radius 1 is 0.919 bits per heavy atom. The van der Waals surface area contributed by atoms with E-state index < -0.39 is 29.2 Å². The van der Waals surface area contributed by atoms with E-state index in [-0.39, 0.29) is 17.9 Å². The van der Waals surface area contributed by atoms with Gasteiger partial charge in [-0.2, -0.15) is 26.3 Å². The van der Waals surface area contributed by atoms with Crippen LogP contribution in [0.2, 0.25) is 0 Å². The van der Waals surface area contributed by atoms with Gasteiger partial charge in [0.15, 0.2) is 0 Å². The molecule has 4 rings (SSSR count). The van der Waals surface area contributed by atoms with Crippen LogP contribution in [0, 0.1) is 0 Å². The molecule has 2 aliphatic rings. The van der Waals surface area contributed by atoms with Gasteiger partial charge < -0.3 is 4.90 Å². The molecule has 0 unspecified atom stereocenters. The summed E-state index contributed by atoms with van der Waals surface area (Å²) < 4.78 is 80.9. The second-order valence-electron chi connectivity index (χ2n) is 9.22. The fourth-order valence-corrected chi connectivity index (χ4v) is 4.78. The Hall–Kier alpha value is -3.36. The molecule has 196 valence electrons. The molecule has 0 N–H and O–H groups in total. The molecule has 1 aliphatic heterocycles. The van der Waals surface area contributed by atoms with Gasteiger partial charge in [-0.25, -0.2) is 4.99 Å². The van der Waals surface area contributed by atoms with Crippen molar-refractivity contribution >= 4 is 23.8 Å². The first-order valence-corrected chi connectivity index (χ1v) is 12.2. The number of hydrogen-bond donors (Lipinski definition) is 0. The average molecular weight is 520 g/mol. The van der Waals surface area contributed by atoms with E-state index in [1.54, 1.807) is 0 Å². The van der Waals surface area contributed by atoms with Crippen LogP contribution in [0.1, 0.15) is 61.3 Å². The van der Waals surface area contributed by atoms with Crippen LogP contribution in [0.15, 0.2) is 70.4 Å². The molecule has 37 heavy (non-hydrogen) atoms. The van der Waals surface area contributed by atoms with Crippen molar-refractivity contribution < 1.29 is 26.3 Å². The Labute approximate surface area is 211 Å². The number of benzene rings is 2. The third-order valence-corrected chi connectivity index (χ3v) is 6.71. The van der Waals surface area contributed by atoms with Crippen LogP contribution in [0.25, 0.3) is 5.57 Å². The van der Waals surface area contributed by atoms with Crippen LogP contribution in [0.5, 0.6) is 0 Å². The van der Waals surface area contributed by atoms with Crippen molar-refractivity contribution in [3.8, 4) is 0 Å². The topological polar surface area (TPSA) is 28.0 Å². The third kappa shape index (κ3) is 5.97. The molecule has 2 aromatic carbocycles. The summed E-state index contributed by atoms with van der Waals surface area (Å²) in [5.74, 6) is 0.265. The van der Waals surface area contributed by atoms with E-state index in [0.717, 1.165) is 55.2 Å². The molecule has 0 atom stereocenters. The standard InChI is InChI=1S/C28H27F6N3/c1-3-18-9-11-19(12-10-18)25-17-37(23-7-5-4-6-8-23)26(24(25)16-35-2)36-22-14-20(27(29,30)31)13-21(15-22)28(32,33)34/h9-17,23H,2-8H2,1H3/b24-16-,36-26?. The molecule has 1 fully saturated rings. The highest BCUT2D eigenvalue weighted by atomic mass is 19.4. The summed E-state index contributed by atoms with van der Waals surface area (Å²) in [6, 6.07) is 9.27. The minimum absolute atomic E-state index is 0.0148. The van der Waals surface area contributed by atoms with E-state index in [4.69, 9.17) is 0 Å². The van der Waals surface area contributed by atoms with Crippen molar-refractivity contribution in [2.75, 3.05) is 0 Å². The number of aliphatic imine (C=N–C) groups is 2. The molecule has 2 aromatic rings. The van der Waals surface area contributed by atoms with Gasteiger partial charge in [-0.1, -0.05) is 50.5 Å². The summed E-state index contributed by atoms with van der Waals surface area (Å²) >= 11 is 0. The number of rotatable bonds is 5. The number of nitrogens with zero attached hydrogens (tertiary/aromatic N) is 3. The van der Waals surface area contributed by atoms with Crippen LogP contribution >= 0.6 is 0 Å². The summed E-state index contributed by atoms with van der Waals surface area (Å²) in [7, 11) is 0. The van der Waals surface area contributed by atoms with E-state index >= 15 is 0 Å². The Kier molecular flexibility index (Phi) is 7.62. The van der Waals surface area contributed by atoms with Crippen molar-refractivity contribution in [3.63, 3.8) is 0 Å². The highest BCUT2D eigenvalue weighted by Crippen LogP contribution is 2.41. The minimum Gasteiger partial charge on any atom is -0.329 e. The van der Waals surface area contributed by atoms with Crippen molar-refractivity contribution in [2.24, 2.45) is 9.98 Å². The molecule has 0 saturated heterocycles. The molecule has 0 amide bonds. The number of aryl methyl sites for hydroxylation is 1.